The fourth-order valence-electron chi connectivity index (χ4n) is 2.16. The number of nitrogens with one attached hydrogen (secondary N) is 2. The minimum atomic E-state index is 0.0320. The van der Waals surface area contributed by atoms with Crippen molar-refractivity contribution in [3.8, 4) is 0 Å². The zero-order valence-electron chi connectivity index (χ0n) is 12.4. The maximum absolute atomic E-state index is 11.7. The molecule has 0 saturated carbocycles. The van der Waals surface area contributed by atoms with Crippen LogP contribution in [0.25, 0.3) is 0 Å². The highest BCUT2D eigenvalue weighted by Gasteiger charge is 2.00. The zero-order chi connectivity index (χ0) is 14.9. The fraction of sp³-hybridized carbons (Fsp3) is 0.278. The molecule has 0 aromatic heterocycles. The summed E-state index contributed by atoms with van der Waals surface area (Å²) < 4.78 is 0. The third kappa shape index (κ3) is 5.69. The first-order valence-electron chi connectivity index (χ1n) is 7.35. The third-order valence-corrected chi connectivity index (χ3v) is 3.28. The number of carbonyl (C=O) groups excluding carboxylic acids is 1. The number of hydrogen-bond acceptors (Lipinski definition) is 2. The summed E-state index contributed by atoms with van der Waals surface area (Å²) in [4.78, 5) is 11.7. The molecular formula is C18H22N2O. The largest absolute Gasteiger partial charge is 0.376 e. The Labute approximate surface area is 126 Å². The Bertz CT molecular complexity index is 566. The van der Waals surface area contributed by atoms with E-state index in [-0.39, 0.29) is 5.91 Å². The lowest BCUT2D eigenvalue weighted by Gasteiger charge is -2.08. The highest BCUT2D eigenvalue weighted by molar-refractivity contribution is 5.80. The standard InChI is InChI=1S/C18H22N2O/c1-15-7-5-11-17(13-15)20-14-18(21)19-12-6-10-16-8-3-2-4-9-16/h2-5,7-9,11,13,20H,6,10,12,14H2,1H3,(H,19,21). The van der Waals surface area contributed by atoms with Crippen LogP contribution >= 0.6 is 0 Å². The van der Waals surface area contributed by atoms with Gasteiger partial charge in [-0.3, -0.25) is 4.79 Å². The van der Waals surface area contributed by atoms with E-state index in [1.54, 1.807) is 0 Å². The van der Waals surface area contributed by atoms with Crippen molar-refractivity contribution in [3.05, 3.63) is 65.7 Å². The first-order valence-corrected chi connectivity index (χ1v) is 7.35. The average Bonchev–Trinajstić information content (AvgIpc) is 2.51. The summed E-state index contributed by atoms with van der Waals surface area (Å²) in [5, 5.41) is 6.07. The maximum Gasteiger partial charge on any atom is 0.239 e. The van der Waals surface area contributed by atoms with Gasteiger partial charge in [0.05, 0.1) is 6.54 Å². The van der Waals surface area contributed by atoms with Gasteiger partial charge in [-0.1, -0.05) is 42.5 Å². The normalized spacial score (nSPS) is 10.1. The lowest BCUT2D eigenvalue weighted by atomic mass is 10.1. The van der Waals surface area contributed by atoms with Crippen molar-refractivity contribution in [1.29, 1.82) is 0 Å². The highest BCUT2D eigenvalue weighted by atomic mass is 16.1. The maximum atomic E-state index is 11.7. The van der Waals surface area contributed by atoms with Crippen LogP contribution in [0.5, 0.6) is 0 Å². The molecule has 0 saturated heterocycles. The van der Waals surface area contributed by atoms with E-state index in [9.17, 15) is 4.79 Å². The Morgan fingerprint density at radius 3 is 2.62 bits per heavy atom. The van der Waals surface area contributed by atoms with Crippen molar-refractivity contribution >= 4 is 11.6 Å². The Morgan fingerprint density at radius 1 is 1.05 bits per heavy atom. The van der Waals surface area contributed by atoms with E-state index in [4.69, 9.17) is 0 Å². The molecule has 0 spiro atoms. The molecule has 0 bridgehead atoms. The Hall–Kier alpha value is -2.29. The summed E-state index contributed by atoms with van der Waals surface area (Å²) in [6.07, 6.45) is 1.95. The number of rotatable bonds is 7. The van der Waals surface area contributed by atoms with E-state index in [1.165, 1.54) is 11.1 Å². The molecule has 0 atom stereocenters. The van der Waals surface area contributed by atoms with Crippen molar-refractivity contribution in [3.63, 3.8) is 0 Å². The third-order valence-electron chi connectivity index (χ3n) is 3.28. The van der Waals surface area contributed by atoms with Gasteiger partial charge < -0.3 is 10.6 Å². The summed E-state index contributed by atoms with van der Waals surface area (Å²) in [7, 11) is 0. The first kappa shape index (κ1) is 15.1. The van der Waals surface area contributed by atoms with Gasteiger partial charge in [-0.15, -0.1) is 0 Å². The van der Waals surface area contributed by atoms with E-state index in [2.05, 4.69) is 22.8 Å². The number of benzene rings is 2. The summed E-state index contributed by atoms with van der Waals surface area (Å²) in [6.45, 7) is 3.06. The molecule has 3 nitrogen and oxygen atoms in total. The summed E-state index contributed by atoms with van der Waals surface area (Å²) in [5.41, 5.74) is 3.47. The number of aryl methyl sites for hydroxylation is 2. The van der Waals surface area contributed by atoms with Gasteiger partial charge in [0.25, 0.3) is 0 Å². The van der Waals surface area contributed by atoms with Crippen LogP contribution in [0.15, 0.2) is 54.6 Å². The first-order chi connectivity index (χ1) is 10.2. The lowest BCUT2D eigenvalue weighted by Crippen LogP contribution is -2.30. The molecule has 2 aromatic carbocycles. The molecule has 2 rings (SSSR count). The van der Waals surface area contributed by atoms with E-state index in [0.29, 0.717) is 13.1 Å². The molecule has 3 heteroatoms. The number of carbonyl (C=O) groups is 1. The van der Waals surface area contributed by atoms with E-state index < -0.39 is 0 Å². The van der Waals surface area contributed by atoms with Gasteiger partial charge in [-0.25, -0.2) is 0 Å². The van der Waals surface area contributed by atoms with E-state index in [1.807, 2.05) is 49.4 Å². The minimum Gasteiger partial charge on any atom is -0.376 e. The molecule has 0 aliphatic heterocycles. The lowest BCUT2D eigenvalue weighted by molar-refractivity contribution is -0.119. The molecule has 0 aliphatic rings. The summed E-state index contributed by atoms with van der Waals surface area (Å²) >= 11 is 0. The van der Waals surface area contributed by atoms with Crippen LogP contribution < -0.4 is 10.6 Å². The molecule has 1 amide bonds. The van der Waals surface area contributed by atoms with Gasteiger partial charge in [-0.2, -0.15) is 0 Å². The Morgan fingerprint density at radius 2 is 1.86 bits per heavy atom. The second-order valence-corrected chi connectivity index (χ2v) is 5.16. The molecule has 110 valence electrons. The predicted molar refractivity (Wildman–Crippen MR) is 87.4 cm³/mol. The van der Waals surface area contributed by atoms with Crippen LogP contribution in [0.4, 0.5) is 5.69 Å². The highest BCUT2D eigenvalue weighted by Crippen LogP contribution is 2.08. The summed E-state index contributed by atoms with van der Waals surface area (Å²) in [5.74, 6) is 0.0320. The summed E-state index contributed by atoms with van der Waals surface area (Å²) in [6, 6.07) is 18.3. The van der Waals surface area contributed by atoms with Crippen LogP contribution in [0.1, 0.15) is 17.5 Å². The molecule has 2 aromatic rings. The van der Waals surface area contributed by atoms with Crippen LogP contribution in [0, 0.1) is 6.92 Å². The SMILES string of the molecule is Cc1cccc(NCC(=O)NCCCc2ccccc2)c1. The van der Waals surface area contributed by atoms with E-state index >= 15 is 0 Å². The van der Waals surface area contributed by atoms with Gasteiger partial charge in [0.15, 0.2) is 0 Å². The van der Waals surface area contributed by atoms with Crippen LogP contribution in [0.2, 0.25) is 0 Å². The second kappa shape index (κ2) is 8.10. The van der Waals surface area contributed by atoms with Crippen molar-refractivity contribution in [2.45, 2.75) is 19.8 Å². The number of anilines is 1. The number of hydrogen-bond donors (Lipinski definition) is 2. The minimum absolute atomic E-state index is 0.0320. The van der Waals surface area contributed by atoms with Crippen LogP contribution in [-0.2, 0) is 11.2 Å². The van der Waals surface area contributed by atoms with Gasteiger partial charge in [-0.05, 0) is 43.0 Å². The quantitative estimate of drug-likeness (QED) is 0.766. The van der Waals surface area contributed by atoms with Crippen molar-refractivity contribution in [2.75, 3.05) is 18.4 Å². The zero-order valence-corrected chi connectivity index (χ0v) is 12.4. The molecule has 0 heterocycles. The molecule has 21 heavy (non-hydrogen) atoms. The van der Waals surface area contributed by atoms with Gasteiger partial charge in [0.2, 0.25) is 5.91 Å². The van der Waals surface area contributed by atoms with E-state index in [0.717, 1.165) is 18.5 Å². The van der Waals surface area contributed by atoms with Crippen LogP contribution in [-0.4, -0.2) is 19.0 Å². The predicted octanol–water partition coefficient (Wildman–Crippen LogP) is 3.16. The molecule has 0 fully saturated rings. The van der Waals surface area contributed by atoms with Gasteiger partial charge >= 0.3 is 0 Å². The van der Waals surface area contributed by atoms with Crippen molar-refractivity contribution in [2.24, 2.45) is 0 Å². The molecule has 0 aliphatic carbocycles. The fourth-order valence-corrected chi connectivity index (χ4v) is 2.16. The number of amides is 1. The second-order valence-electron chi connectivity index (χ2n) is 5.16. The molecular weight excluding hydrogens is 260 g/mol. The average molecular weight is 282 g/mol. The molecule has 0 radical (unpaired) electrons. The molecule has 0 unspecified atom stereocenters. The van der Waals surface area contributed by atoms with Crippen molar-refractivity contribution < 1.29 is 4.79 Å². The monoisotopic (exact) mass is 282 g/mol. The Kier molecular flexibility index (Phi) is 5.83. The Balaban J connectivity index is 1.62. The van der Waals surface area contributed by atoms with Crippen molar-refractivity contribution in [1.82, 2.24) is 5.32 Å². The smallest absolute Gasteiger partial charge is 0.239 e. The van der Waals surface area contributed by atoms with Gasteiger partial charge in [0, 0.05) is 12.2 Å². The topological polar surface area (TPSA) is 41.1 Å². The molecule has 2 N–H and O–H groups in total. The van der Waals surface area contributed by atoms with Crippen LogP contribution in [0.3, 0.4) is 0 Å². The van der Waals surface area contributed by atoms with Gasteiger partial charge in [0.1, 0.15) is 0 Å².